The molecule has 0 aliphatic rings. The predicted octanol–water partition coefficient (Wildman–Crippen LogP) is 5.39. The van der Waals surface area contributed by atoms with Crippen molar-refractivity contribution in [3.05, 3.63) is 90.0 Å². The van der Waals surface area contributed by atoms with Crippen LogP contribution in [0.4, 0.5) is 5.82 Å². The van der Waals surface area contributed by atoms with Crippen molar-refractivity contribution in [2.75, 3.05) is 19.0 Å². The third-order valence-electron chi connectivity index (χ3n) is 4.86. The number of methoxy groups -OCH3 is 1. The topological polar surface area (TPSA) is 80.7 Å². The molecule has 1 aromatic heterocycles. The van der Waals surface area contributed by atoms with Gasteiger partial charge in [-0.15, -0.1) is 0 Å². The highest BCUT2D eigenvalue weighted by atomic mass is 16.5. The molecule has 0 radical (unpaired) electrons. The van der Waals surface area contributed by atoms with Crippen molar-refractivity contribution in [1.29, 1.82) is 0 Å². The molecule has 0 saturated heterocycles. The fraction of sp³-hybridized carbons (Fsp3) is 0.120. The molecule has 0 unspecified atom stereocenters. The van der Waals surface area contributed by atoms with Gasteiger partial charge in [0, 0.05) is 18.0 Å². The van der Waals surface area contributed by atoms with Gasteiger partial charge >= 0.3 is 5.97 Å². The summed E-state index contributed by atoms with van der Waals surface area (Å²) in [5.41, 5.74) is 1.92. The van der Waals surface area contributed by atoms with Crippen LogP contribution >= 0.6 is 0 Å². The third-order valence-corrected chi connectivity index (χ3v) is 4.86. The Balaban J connectivity index is 1.43. The van der Waals surface area contributed by atoms with Crippen LogP contribution in [0.1, 0.15) is 15.9 Å². The quantitative estimate of drug-likeness (QED) is 0.402. The fourth-order valence-corrected chi connectivity index (χ4v) is 3.25. The minimum Gasteiger partial charge on any atom is -0.497 e. The van der Waals surface area contributed by atoms with E-state index in [9.17, 15) is 9.90 Å². The van der Waals surface area contributed by atoms with Gasteiger partial charge in [0.25, 0.3) is 0 Å². The van der Waals surface area contributed by atoms with E-state index in [-0.39, 0.29) is 5.56 Å². The molecule has 0 fully saturated rings. The van der Waals surface area contributed by atoms with Crippen molar-refractivity contribution in [3.63, 3.8) is 0 Å². The molecular weight excluding hydrogens is 392 g/mol. The number of carboxylic acids is 1. The van der Waals surface area contributed by atoms with Crippen LogP contribution in [-0.2, 0) is 6.42 Å². The number of nitrogens with one attached hydrogen (secondary N) is 1. The van der Waals surface area contributed by atoms with Crippen LogP contribution < -0.4 is 14.8 Å². The van der Waals surface area contributed by atoms with Gasteiger partial charge in [-0.05, 0) is 54.4 Å². The van der Waals surface area contributed by atoms with E-state index in [1.165, 1.54) is 0 Å². The number of anilines is 1. The Kier molecular flexibility index (Phi) is 5.98. The molecule has 3 aromatic carbocycles. The number of carboxylic acid groups (broad SMARTS) is 1. The largest absolute Gasteiger partial charge is 0.497 e. The first-order valence-corrected chi connectivity index (χ1v) is 9.90. The van der Waals surface area contributed by atoms with Gasteiger partial charge < -0.3 is 19.9 Å². The summed E-state index contributed by atoms with van der Waals surface area (Å²) >= 11 is 0. The van der Waals surface area contributed by atoms with Crippen LogP contribution in [0.3, 0.4) is 0 Å². The summed E-state index contributed by atoms with van der Waals surface area (Å²) < 4.78 is 11.0. The van der Waals surface area contributed by atoms with E-state index in [4.69, 9.17) is 9.47 Å². The molecule has 6 heteroatoms. The summed E-state index contributed by atoms with van der Waals surface area (Å²) in [5, 5.41) is 13.5. The van der Waals surface area contributed by atoms with Crippen LogP contribution in [-0.4, -0.2) is 29.7 Å². The summed E-state index contributed by atoms with van der Waals surface area (Å²) in [5.74, 6) is 1.55. The number of aromatic nitrogens is 1. The Bertz CT molecular complexity index is 1190. The van der Waals surface area contributed by atoms with Crippen LogP contribution in [0.2, 0.25) is 0 Å². The molecule has 156 valence electrons. The summed E-state index contributed by atoms with van der Waals surface area (Å²) in [6, 6.07) is 24.5. The minimum atomic E-state index is -1.02. The van der Waals surface area contributed by atoms with Crippen LogP contribution in [0.25, 0.3) is 10.9 Å². The molecule has 31 heavy (non-hydrogen) atoms. The zero-order chi connectivity index (χ0) is 21.6. The van der Waals surface area contributed by atoms with Crippen molar-refractivity contribution in [1.82, 2.24) is 4.98 Å². The van der Waals surface area contributed by atoms with Crippen LogP contribution in [0, 0.1) is 0 Å². The number of hydrogen-bond acceptors (Lipinski definition) is 5. The third kappa shape index (κ3) is 4.93. The van der Waals surface area contributed by atoms with E-state index in [0.29, 0.717) is 30.0 Å². The molecule has 4 aromatic rings. The van der Waals surface area contributed by atoms with Gasteiger partial charge in [0.1, 0.15) is 28.6 Å². The summed E-state index contributed by atoms with van der Waals surface area (Å²) in [6.07, 6.45) is 0.711. The summed E-state index contributed by atoms with van der Waals surface area (Å²) in [7, 11) is 1.59. The highest BCUT2D eigenvalue weighted by molar-refractivity contribution is 5.98. The van der Waals surface area contributed by atoms with Crippen molar-refractivity contribution in [3.8, 4) is 17.2 Å². The minimum absolute atomic E-state index is 0.143. The second-order valence-electron chi connectivity index (χ2n) is 6.98. The Hall–Kier alpha value is -4.06. The number of rotatable bonds is 8. The molecular formula is C25H22N2O4. The van der Waals surface area contributed by atoms with Gasteiger partial charge in [-0.1, -0.05) is 30.3 Å². The lowest BCUT2D eigenvalue weighted by molar-refractivity contribution is 0.0697. The van der Waals surface area contributed by atoms with Gasteiger partial charge in [-0.2, -0.15) is 0 Å². The second-order valence-corrected chi connectivity index (χ2v) is 6.98. The second kappa shape index (κ2) is 9.17. The van der Waals surface area contributed by atoms with Gasteiger partial charge in [-0.25, -0.2) is 9.78 Å². The normalized spacial score (nSPS) is 10.6. The number of carbonyl (C=O) groups is 1. The lowest BCUT2D eigenvalue weighted by Crippen LogP contribution is -2.11. The lowest BCUT2D eigenvalue weighted by atomic mass is 10.1. The van der Waals surface area contributed by atoms with Gasteiger partial charge in [0.15, 0.2) is 0 Å². The molecule has 6 nitrogen and oxygen atoms in total. The van der Waals surface area contributed by atoms with Crippen LogP contribution in [0.5, 0.6) is 17.2 Å². The number of ether oxygens (including phenoxy) is 2. The Morgan fingerprint density at radius 1 is 0.935 bits per heavy atom. The molecule has 2 N–H and O–H groups in total. The summed E-state index contributed by atoms with van der Waals surface area (Å²) in [6.45, 7) is 0.543. The predicted molar refractivity (Wildman–Crippen MR) is 120 cm³/mol. The highest BCUT2D eigenvalue weighted by Gasteiger charge is 2.13. The monoisotopic (exact) mass is 414 g/mol. The zero-order valence-corrected chi connectivity index (χ0v) is 17.0. The first-order chi connectivity index (χ1) is 15.1. The van der Waals surface area contributed by atoms with Crippen LogP contribution in [0.15, 0.2) is 78.9 Å². The number of benzene rings is 3. The maximum Gasteiger partial charge on any atom is 0.339 e. The molecule has 0 bridgehead atoms. The molecule has 1 heterocycles. The van der Waals surface area contributed by atoms with Gasteiger partial charge in [-0.3, -0.25) is 0 Å². The van der Waals surface area contributed by atoms with Crippen molar-refractivity contribution in [2.24, 2.45) is 0 Å². The molecule has 4 rings (SSSR count). The van der Waals surface area contributed by atoms with Crippen molar-refractivity contribution in [2.45, 2.75) is 6.42 Å². The number of para-hydroxylation sites is 1. The first-order valence-electron chi connectivity index (χ1n) is 9.90. The fourth-order valence-electron chi connectivity index (χ4n) is 3.25. The number of nitrogens with zero attached hydrogens (tertiary/aromatic N) is 1. The molecule has 0 atom stereocenters. The molecule has 0 aliphatic carbocycles. The van der Waals surface area contributed by atoms with E-state index in [0.717, 1.165) is 22.4 Å². The number of hydrogen-bond donors (Lipinski definition) is 2. The van der Waals surface area contributed by atoms with Gasteiger partial charge in [0.05, 0.1) is 12.6 Å². The summed E-state index contributed by atoms with van der Waals surface area (Å²) in [4.78, 5) is 16.2. The van der Waals surface area contributed by atoms with E-state index in [1.54, 1.807) is 31.4 Å². The first kappa shape index (κ1) is 20.2. The Labute approximate surface area is 180 Å². The molecule has 0 spiro atoms. The van der Waals surface area contributed by atoms with Crippen molar-refractivity contribution >= 4 is 22.7 Å². The van der Waals surface area contributed by atoms with Crippen molar-refractivity contribution < 1.29 is 19.4 Å². The Morgan fingerprint density at radius 2 is 1.65 bits per heavy atom. The smallest absolute Gasteiger partial charge is 0.339 e. The lowest BCUT2D eigenvalue weighted by Gasteiger charge is -2.11. The molecule has 0 saturated carbocycles. The maximum atomic E-state index is 11.7. The standard InChI is InChI=1S/C25H22N2O4/c1-30-21-12-9-18-15-22(25(28)29)24(27-23(18)16-21)26-14-13-17-7-10-20(11-8-17)31-19-5-3-2-4-6-19/h2-12,15-16H,13-14H2,1H3,(H,26,27)(H,28,29). The average molecular weight is 414 g/mol. The zero-order valence-electron chi connectivity index (χ0n) is 17.0. The van der Waals surface area contributed by atoms with E-state index in [1.807, 2.05) is 54.6 Å². The average Bonchev–Trinajstić information content (AvgIpc) is 2.80. The Morgan fingerprint density at radius 3 is 2.35 bits per heavy atom. The van der Waals surface area contributed by atoms with E-state index in [2.05, 4.69) is 10.3 Å². The molecule has 0 amide bonds. The molecule has 0 aliphatic heterocycles. The SMILES string of the molecule is COc1ccc2cc(C(=O)O)c(NCCc3ccc(Oc4ccccc4)cc3)nc2c1. The van der Waals surface area contributed by atoms with E-state index >= 15 is 0 Å². The number of pyridine rings is 1. The maximum absolute atomic E-state index is 11.7. The number of fused-ring (bicyclic) bond motifs is 1. The van der Waals surface area contributed by atoms with Gasteiger partial charge in [0.2, 0.25) is 0 Å². The van der Waals surface area contributed by atoms with E-state index < -0.39 is 5.97 Å². The highest BCUT2D eigenvalue weighted by Crippen LogP contribution is 2.25. The number of aromatic carboxylic acids is 1.